The lowest BCUT2D eigenvalue weighted by atomic mass is 10.0. The topological polar surface area (TPSA) is 107 Å². The number of pyridine rings is 1. The van der Waals surface area contributed by atoms with Crippen LogP contribution in [-0.2, 0) is 9.47 Å². The van der Waals surface area contributed by atoms with Crippen LogP contribution in [-0.4, -0.2) is 60.8 Å². The number of halogens is 2. The van der Waals surface area contributed by atoms with Gasteiger partial charge in [-0.3, -0.25) is 4.98 Å². The SMILES string of the molecule is CC(C)n1c(-c2cccnc2)nc2c(F)cc(-c3nc(N[C@@H]4C[C@H]5CO[C@H](O5)[C@H]4O)ncc3Cl)cc21. The van der Waals surface area contributed by atoms with E-state index in [1.807, 2.05) is 36.6 Å². The predicted molar refractivity (Wildman–Crippen MR) is 132 cm³/mol. The number of aliphatic hydroxyl groups excluding tert-OH is 1. The first kappa shape index (κ1) is 23.2. The number of aromatic nitrogens is 5. The van der Waals surface area contributed by atoms with Gasteiger partial charge >= 0.3 is 0 Å². The molecule has 2 aliphatic heterocycles. The molecule has 2 saturated heterocycles. The number of imidazole rings is 1. The van der Waals surface area contributed by atoms with Gasteiger partial charge in [-0.2, -0.15) is 0 Å². The van der Waals surface area contributed by atoms with Crippen molar-refractivity contribution in [3.63, 3.8) is 0 Å². The molecule has 2 fully saturated rings. The first-order chi connectivity index (χ1) is 17.4. The molecule has 0 aliphatic carbocycles. The summed E-state index contributed by atoms with van der Waals surface area (Å²) in [7, 11) is 0. The summed E-state index contributed by atoms with van der Waals surface area (Å²) < 4.78 is 28.4. The number of fused-ring (bicyclic) bond motifs is 3. The van der Waals surface area contributed by atoms with E-state index in [0.29, 0.717) is 35.6 Å². The normalized spacial score (nSPS) is 23.5. The molecular formula is C25H24ClFN6O3. The van der Waals surface area contributed by atoms with E-state index >= 15 is 4.39 Å². The molecule has 2 aliphatic rings. The molecular weight excluding hydrogens is 487 g/mol. The highest BCUT2D eigenvalue weighted by Gasteiger charge is 2.43. The molecule has 186 valence electrons. The highest BCUT2D eigenvalue weighted by atomic mass is 35.5. The molecule has 1 aromatic carbocycles. The van der Waals surface area contributed by atoms with Crippen LogP contribution < -0.4 is 5.32 Å². The van der Waals surface area contributed by atoms with Gasteiger partial charge in [0.2, 0.25) is 5.95 Å². The molecule has 3 aromatic heterocycles. The highest BCUT2D eigenvalue weighted by Crippen LogP contribution is 2.35. The monoisotopic (exact) mass is 510 g/mol. The summed E-state index contributed by atoms with van der Waals surface area (Å²) in [5, 5.41) is 14.0. The molecule has 2 N–H and O–H groups in total. The third-order valence-corrected chi connectivity index (χ3v) is 6.77. The zero-order valence-electron chi connectivity index (χ0n) is 19.6. The van der Waals surface area contributed by atoms with E-state index in [1.165, 1.54) is 12.3 Å². The zero-order chi connectivity index (χ0) is 25.0. The largest absolute Gasteiger partial charge is 0.386 e. The van der Waals surface area contributed by atoms with Gasteiger partial charge in [-0.1, -0.05) is 11.6 Å². The average Bonchev–Trinajstić information content (AvgIpc) is 3.46. The summed E-state index contributed by atoms with van der Waals surface area (Å²) in [6.07, 6.45) is 3.77. The van der Waals surface area contributed by atoms with Gasteiger partial charge in [0.1, 0.15) is 17.4 Å². The van der Waals surface area contributed by atoms with E-state index in [2.05, 4.69) is 25.3 Å². The van der Waals surface area contributed by atoms with E-state index in [4.69, 9.17) is 21.1 Å². The van der Waals surface area contributed by atoms with Gasteiger partial charge in [0.25, 0.3) is 0 Å². The number of ether oxygens (including phenoxy) is 2. The molecule has 0 saturated carbocycles. The Morgan fingerprint density at radius 2 is 2.08 bits per heavy atom. The fraction of sp³-hybridized carbons (Fsp3) is 0.360. The quantitative estimate of drug-likeness (QED) is 0.411. The Morgan fingerprint density at radius 3 is 2.86 bits per heavy atom. The van der Waals surface area contributed by atoms with Crippen LogP contribution in [0.5, 0.6) is 0 Å². The van der Waals surface area contributed by atoms with Crippen LogP contribution in [0.2, 0.25) is 5.02 Å². The molecule has 6 rings (SSSR count). The molecule has 0 unspecified atom stereocenters. The average molecular weight is 511 g/mol. The van der Waals surface area contributed by atoms with Crippen LogP contribution in [0.3, 0.4) is 0 Å². The van der Waals surface area contributed by atoms with Crippen molar-refractivity contribution in [3.05, 3.63) is 53.7 Å². The lowest BCUT2D eigenvalue weighted by molar-refractivity contribution is -0.156. The minimum Gasteiger partial charge on any atom is -0.386 e. The molecule has 2 bridgehead atoms. The van der Waals surface area contributed by atoms with Crippen molar-refractivity contribution in [1.82, 2.24) is 24.5 Å². The zero-order valence-corrected chi connectivity index (χ0v) is 20.4. The molecule has 36 heavy (non-hydrogen) atoms. The van der Waals surface area contributed by atoms with Gasteiger partial charge in [0, 0.05) is 29.6 Å². The number of nitrogens with one attached hydrogen (secondary N) is 1. The predicted octanol–water partition coefficient (Wildman–Crippen LogP) is 4.22. The van der Waals surface area contributed by atoms with Crippen LogP contribution in [0.1, 0.15) is 26.3 Å². The summed E-state index contributed by atoms with van der Waals surface area (Å²) in [5.74, 6) is 0.420. The molecule has 5 heterocycles. The van der Waals surface area contributed by atoms with Crippen molar-refractivity contribution in [2.24, 2.45) is 0 Å². The maximum absolute atomic E-state index is 15.4. The molecule has 4 atom stereocenters. The maximum Gasteiger partial charge on any atom is 0.223 e. The fourth-order valence-electron chi connectivity index (χ4n) is 4.85. The molecule has 9 nitrogen and oxygen atoms in total. The van der Waals surface area contributed by atoms with Crippen molar-refractivity contribution in [2.75, 3.05) is 11.9 Å². The summed E-state index contributed by atoms with van der Waals surface area (Å²) in [6.45, 7) is 4.47. The molecule has 0 spiro atoms. The minimum atomic E-state index is -0.869. The Bertz CT molecular complexity index is 1430. The van der Waals surface area contributed by atoms with E-state index in [0.717, 1.165) is 5.56 Å². The third-order valence-electron chi connectivity index (χ3n) is 6.50. The van der Waals surface area contributed by atoms with Crippen molar-refractivity contribution in [3.8, 4) is 22.6 Å². The van der Waals surface area contributed by atoms with Crippen LogP contribution in [0.4, 0.5) is 10.3 Å². The summed E-state index contributed by atoms with van der Waals surface area (Å²) in [6, 6.07) is 6.58. The summed E-state index contributed by atoms with van der Waals surface area (Å²) in [5.41, 5.74) is 2.54. The van der Waals surface area contributed by atoms with E-state index < -0.39 is 18.2 Å². The molecule has 4 aromatic rings. The van der Waals surface area contributed by atoms with Gasteiger partial charge in [-0.05, 0) is 44.5 Å². The molecule has 0 radical (unpaired) electrons. The van der Waals surface area contributed by atoms with Gasteiger partial charge in [-0.15, -0.1) is 0 Å². The maximum atomic E-state index is 15.4. The Kier molecular flexibility index (Phi) is 5.83. The van der Waals surface area contributed by atoms with E-state index in [9.17, 15) is 5.11 Å². The first-order valence-corrected chi connectivity index (χ1v) is 12.1. The smallest absolute Gasteiger partial charge is 0.223 e. The standard InChI is InChI=1S/C25H24ClFN6O3/c1-12(2)33-19-7-14(6-17(27)21(19)31-23(33)13-4-3-5-28-9-13)20-16(26)10-29-25(32-20)30-18-8-15-11-35-24(36-15)22(18)34/h3-7,9-10,12,15,18,22,24,34H,8,11H2,1-2H3,(H,29,30,32)/t15-,18+,22-,24+/m0/s1. The molecule has 11 heteroatoms. The number of hydrogen-bond acceptors (Lipinski definition) is 8. The number of rotatable bonds is 5. The number of benzene rings is 1. The van der Waals surface area contributed by atoms with E-state index in [-0.39, 0.29) is 34.7 Å². The summed E-state index contributed by atoms with van der Waals surface area (Å²) >= 11 is 6.47. The van der Waals surface area contributed by atoms with Gasteiger partial charge in [0.05, 0.1) is 41.2 Å². The van der Waals surface area contributed by atoms with Crippen LogP contribution in [0.25, 0.3) is 33.7 Å². The van der Waals surface area contributed by atoms with E-state index in [1.54, 1.807) is 12.4 Å². The van der Waals surface area contributed by atoms with Crippen LogP contribution in [0.15, 0.2) is 42.9 Å². The van der Waals surface area contributed by atoms with Crippen molar-refractivity contribution >= 4 is 28.6 Å². The minimum absolute atomic E-state index is 0.00514. The Labute approximate surface area is 211 Å². The second-order valence-corrected chi connectivity index (χ2v) is 9.70. The van der Waals surface area contributed by atoms with Crippen LogP contribution >= 0.6 is 11.6 Å². The third kappa shape index (κ3) is 4.00. The van der Waals surface area contributed by atoms with Gasteiger partial charge in [-0.25, -0.2) is 19.3 Å². The Hall–Kier alpha value is -3.18. The van der Waals surface area contributed by atoms with Crippen molar-refractivity contribution < 1.29 is 19.0 Å². The lowest BCUT2D eigenvalue weighted by Gasteiger charge is -2.32. The van der Waals surface area contributed by atoms with Crippen molar-refractivity contribution in [1.29, 1.82) is 0 Å². The fourth-order valence-corrected chi connectivity index (χ4v) is 5.05. The number of aliphatic hydroxyl groups is 1. The first-order valence-electron chi connectivity index (χ1n) is 11.8. The van der Waals surface area contributed by atoms with Gasteiger partial charge in [0.15, 0.2) is 12.1 Å². The van der Waals surface area contributed by atoms with Gasteiger partial charge < -0.3 is 24.5 Å². The number of anilines is 1. The van der Waals surface area contributed by atoms with Crippen LogP contribution in [0, 0.1) is 5.82 Å². The second kappa shape index (κ2) is 9.04. The number of hydrogen-bond donors (Lipinski definition) is 2. The summed E-state index contributed by atoms with van der Waals surface area (Å²) in [4.78, 5) is 17.6. The number of nitrogens with zero attached hydrogens (tertiary/aromatic N) is 5. The Balaban J connectivity index is 1.41. The lowest BCUT2D eigenvalue weighted by Crippen LogP contribution is -2.48. The highest BCUT2D eigenvalue weighted by molar-refractivity contribution is 6.33. The molecule has 0 amide bonds. The second-order valence-electron chi connectivity index (χ2n) is 9.29. The Morgan fingerprint density at radius 1 is 1.22 bits per heavy atom. The van der Waals surface area contributed by atoms with Crippen molar-refractivity contribution in [2.45, 2.75) is 50.8 Å².